The van der Waals surface area contributed by atoms with Gasteiger partial charge in [-0.2, -0.15) is 0 Å². The van der Waals surface area contributed by atoms with Gasteiger partial charge >= 0.3 is 0 Å². The molecule has 0 radical (unpaired) electrons. The van der Waals surface area contributed by atoms with Gasteiger partial charge in [-0.05, 0) is 12.5 Å². The Balaban J connectivity index is 1.95. The number of hydrogen-bond donors (Lipinski definition) is 1. The maximum absolute atomic E-state index is 12.1. The van der Waals surface area contributed by atoms with E-state index in [0.29, 0.717) is 5.56 Å². The van der Waals surface area contributed by atoms with Gasteiger partial charge in [0.25, 0.3) is 5.69 Å². The summed E-state index contributed by atoms with van der Waals surface area (Å²) in [7, 11) is 0. The van der Waals surface area contributed by atoms with E-state index in [-0.39, 0.29) is 18.0 Å². The molecule has 0 aliphatic carbocycles. The number of nitrogens with zero attached hydrogens (tertiary/aromatic N) is 1. The van der Waals surface area contributed by atoms with Crippen LogP contribution in [0.2, 0.25) is 0 Å². The second-order valence-electron chi connectivity index (χ2n) is 5.69. The number of nitro benzene ring substituents is 1. The zero-order chi connectivity index (χ0) is 16.4. The maximum Gasteiger partial charge on any atom is 0.269 e. The minimum Gasteiger partial charge on any atom is -0.343 e. The minimum atomic E-state index is -0.922. The van der Waals surface area contributed by atoms with Crippen molar-refractivity contribution < 1.29 is 14.5 Å². The molecule has 1 heterocycles. The van der Waals surface area contributed by atoms with Crippen LogP contribution in [0.3, 0.4) is 0 Å². The Morgan fingerprint density at radius 2 is 1.96 bits per heavy atom. The Morgan fingerprint density at radius 3 is 2.65 bits per heavy atom. The number of carbonyl (C=O) groups is 1. The van der Waals surface area contributed by atoms with Crippen LogP contribution >= 0.6 is 0 Å². The third kappa shape index (κ3) is 3.07. The van der Waals surface area contributed by atoms with Crippen LogP contribution in [-0.2, 0) is 15.1 Å². The third-order valence-electron chi connectivity index (χ3n) is 3.94. The molecule has 2 aromatic carbocycles. The average Bonchev–Trinajstić information content (AvgIpc) is 2.55. The molecular formula is C17H16N2O4. The second kappa shape index (κ2) is 5.81. The highest BCUT2D eigenvalue weighted by atomic mass is 16.6. The molecule has 1 unspecified atom stereocenters. The summed E-state index contributed by atoms with van der Waals surface area (Å²) >= 11 is 0. The molecule has 23 heavy (non-hydrogen) atoms. The Bertz CT molecular complexity index is 747. The van der Waals surface area contributed by atoms with Gasteiger partial charge in [0.05, 0.1) is 11.3 Å². The van der Waals surface area contributed by atoms with Crippen LogP contribution in [0.1, 0.15) is 30.7 Å². The van der Waals surface area contributed by atoms with Crippen molar-refractivity contribution in [3.63, 3.8) is 0 Å². The van der Waals surface area contributed by atoms with E-state index in [4.69, 9.17) is 4.74 Å². The predicted octanol–water partition coefficient (Wildman–Crippen LogP) is 3.05. The summed E-state index contributed by atoms with van der Waals surface area (Å²) in [5, 5.41) is 13.8. The molecule has 118 valence electrons. The average molecular weight is 312 g/mol. The Labute approximate surface area is 133 Å². The SMILES string of the molecule is CC1(c2cccc([N+](=O)[O-])c2)CC(=O)N[C@H](c2ccccc2)O1. The number of amides is 1. The number of rotatable bonds is 3. The van der Waals surface area contributed by atoms with E-state index in [1.807, 2.05) is 30.3 Å². The first-order valence-corrected chi connectivity index (χ1v) is 7.25. The molecule has 2 atom stereocenters. The lowest BCUT2D eigenvalue weighted by atomic mass is 9.89. The largest absolute Gasteiger partial charge is 0.343 e. The van der Waals surface area contributed by atoms with E-state index >= 15 is 0 Å². The van der Waals surface area contributed by atoms with Crippen molar-refractivity contribution >= 4 is 11.6 Å². The number of ether oxygens (including phenoxy) is 1. The van der Waals surface area contributed by atoms with Crippen LogP contribution < -0.4 is 5.32 Å². The number of benzene rings is 2. The normalized spacial score (nSPS) is 24.0. The minimum absolute atomic E-state index is 0.0189. The zero-order valence-electron chi connectivity index (χ0n) is 12.6. The van der Waals surface area contributed by atoms with E-state index in [1.165, 1.54) is 12.1 Å². The zero-order valence-corrected chi connectivity index (χ0v) is 12.6. The molecular weight excluding hydrogens is 296 g/mol. The molecule has 1 aliphatic heterocycles. The molecule has 6 heteroatoms. The fourth-order valence-electron chi connectivity index (χ4n) is 2.73. The van der Waals surface area contributed by atoms with Gasteiger partial charge in [0.1, 0.15) is 5.60 Å². The standard InChI is InChI=1S/C17H16N2O4/c1-17(13-8-5-9-14(10-13)19(21)22)11-15(20)18-16(23-17)12-6-3-2-4-7-12/h2-10,16H,11H2,1H3,(H,18,20)/t16-,17?/m0/s1. The van der Waals surface area contributed by atoms with Crippen LogP contribution in [0.4, 0.5) is 5.69 Å². The summed E-state index contributed by atoms with van der Waals surface area (Å²) < 4.78 is 6.10. The van der Waals surface area contributed by atoms with Crippen LogP contribution in [-0.4, -0.2) is 10.8 Å². The van der Waals surface area contributed by atoms with Crippen LogP contribution in [0.25, 0.3) is 0 Å². The van der Waals surface area contributed by atoms with Crippen molar-refractivity contribution in [2.45, 2.75) is 25.2 Å². The Morgan fingerprint density at radius 1 is 1.22 bits per heavy atom. The fraction of sp³-hybridized carbons (Fsp3) is 0.235. The molecule has 6 nitrogen and oxygen atoms in total. The van der Waals surface area contributed by atoms with Gasteiger partial charge in [-0.3, -0.25) is 14.9 Å². The van der Waals surface area contributed by atoms with Crippen molar-refractivity contribution in [3.8, 4) is 0 Å². The molecule has 1 saturated heterocycles. The summed E-state index contributed by atoms with van der Waals surface area (Å²) in [6.45, 7) is 1.78. The molecule has 1 aliphatic rings. The van der Waals surface area contributed by atoms with Gasteiger partial charge in [0, 0.05) is 17.7 Å². The van der Waals surface area contributed by atoms with E-state index in [9.17, 15) is 14.9 Å². The predicted molar refractivity (Wildman–Crippen MR) is 83.5 cm³/mol. The quantitative estimate of drug-likeness (QED) is 0.697. The second-order valence-corrected chi connectivity index (χ2v) is 5.69. The number of nitro groups is 1. The molecule has 0 aromatic heterocycles. The van der Waals surface area contributed by atoms with Gasteiger partial charge < -0.3 is 10.1 Å². The smallest absolute Gasteiger partial charge is 0.269 e. The van der Waals surface area contributed by atoms with Crippen molar-refractivity contribution in [1.82, 2.24) is 5.32 Å². The topological polar surface area (TPSA) is 81.5 Å². The van der Waals surface area contributed by atoms with Crippen molar-refractivity contribution in [1.29, 1.82) is 0 Å². The summed E-state index contributed by atoms with van der Waals surface area (Å²) in [5.74, 6) is -0.154. The molecule has 1 amide bonds. The number of carbonyl (C=O) groups excluding carboxylic acids is 1. The van der Waals surface area contributed by atoms with Gasteiger partial charge in [0.2, 0.25) is 5.91 Å². The molecule has 0 saturated carbocycles. The van der Waals surface area contributed by atoms with Gasteiger partial charge in [-0.25, -0.2) is 0 Å². The van der Waals surface area contributed by atoms with Crippen LogP contribution in [0, 0.1) is 10.1 Å². The lowest BCUT2D eigenvalue weighted by molar-refractivity contribution is -0.385. The van der Waals surface area contributed by atoms with Gasteiger partial charge in [0.15, 0.2) is 6.23 Å². The number of non-ortho nitro benzene ring substituents is 1. The first-order chi connectivity index (χ1) is 11.0. The third-order valence-corrected chi connectivity index (χ3v) is 3.94. The first kappa shape index (κ1) is 15.2. The molecule has 0 spiro atoms. The monoisotopic (exact) mass is 312 g/mol. The Hall–Kier alpha value is -2.73. The lowest BCUT2D eigenvalue weighted by Crippen LogP contribution is -2.46. The molecule has 2 aromatic rings. The van der Waals surface area contributed by atoms with Crippen LogP contribution in [0.15, 0.2) is 54.6 Å². The van der Waals surface area contributed by atoms with Gasteiger partial charge in [-0.15, -0.1) is 0 Å². The van der Waals surface area contributed by atoms with Crippen LogP contribution in [0.5, 0.6) is 0 Å². The summed E-state index contributed by atoms with van der Waals surface area (Å²) in [4.78, 5) is 22.7. The van der Waals surface area contributed by atoms with E-state index < -0.39 is 16.8 Å². The number of hydrogen-bond acceptors (Lipinski definition) is 4. The molecule has 1 N–H and O–H groups in total. The highest BCUT2D eigenvalue weighted by Crippen LogP contribution is 2.38. The summed E-state index contributed by atoms with van der Waals surface area (Å²) in [5.41, 5.74) is 0.503. The van der Waals surface area contributed by atoms with E-state index in [0.717, 1.165) is 5.56 Å². The highest BCUT2D eigenvalue weighted by Gasteiger charge is 2.39. The molecule has 3 rings (SSSR count). The van der Waals surface area contributed by atoms with E-state index in [1.54, 1.807) is 19.1 Å². The summed E-state index contributed by atoms with van der Waals surface area (Å²) in [6, 6.07) is 15.6. The first-order valence-electron chi connectivity index (χ1n) is 7.25. The molecule has 1 fully saturated rings. The van der Waals surface area contributed by atoms with E-state index in [2.05, 4.69) is 5.32 Å². The fourth-order valence-corrected chi connectivity index (χ4v) is 2.73. The Kier molecular flexibility index (Phi) is 3.83. The lowest BCUT2D eigenvalue weighted by Gasteiger charge is -2.39. The maximum atomic E-state index is 12.1. The van der Waals surface area contributed by atoms with Crippen molar-refractivity contribution in [2.24, 2.45) is 0 Å². The van der Waals surface area contributed by atoms with Crippen molar-refractivity contribution in [3.05, 3.63) is 75.8 Å². The number of nitrogens with one attached hydrogen (secondary N) is 1. The van der Waals surface area contributed by atoms with Gasteiger partial charge in [-0.1, -0.05) is 42.5 Å². The molecule has 0 bridgehead atoms. The summed E-state index contributed by atoms with van der Waals surface area (Å²) in [6.07, 6.45) is -0.473. The highest BCUT2D eigenvalue weighted by molar-refractivity contribution is 5.78. The van der Waals surface area contributed by atoms with Crippen molar-refractivity contribution in [2.75, 3.05) is 0 Å².